The minimum Gasteiger partial charge on any atom is -0.399 e. The van der Waals surface area contributed by atoms with E-state index in [1.165, 1.54) is 37.0 Å². The van der Waals surface area contributed by atoms with E-state index >= 15 is 0 Å². The van der Waals surface area contributed by atoms with Crippen LogP contribution in [0.1, 0.15) is 39.0 Å². The third-order valence-electron chi connectivity index (χ3n) is 3.45. The van der Waals surface area contributed by atoms with Gasteiger partial charge in [0.2, 0.25) is 0 Å². The Kier molecular flexibility index (Phi) is 5.41. The van der Waals surface area contributed by atoms with Gasteiger partial charge in [0.05, 0.1) is 5.69 Å². The first-order valence-corrected chi connectivity index (χ1v) is 8.14. The third kappa shape index (κ3) is 3.73. The van der Waals surface area contributed by atoms with Crippen LogP contribution in [-0.2, 0) is 6.54 Å². The standard InChI is InChI=1S/C16H22N2OS/c1-2-3-4-5-6-10-18-15(12-20-16(18)19)13-8-7-9-14(17)11-13/h7-9,11-12H,2-6,10,17H2,1H3. The van der Waals surface area contributed by atoms with Gasteiger partial charge in [-0.25, -0.2) is 0 Å². The van der Waals surface area contributed by atoms with Crippen molar-refractivity contribution < 1.29 is 0 Å². The van der Waals surface area contributed by atoms with Gasteiger partial charge < -0.3 is 5.73 Å². The molecule has 0 bridgehead atoms. The zero-order valence-electron chi connectivity index (χ0n) is 12.0. The highest BCUT2D eigenvalue weighted by atomic mass is 32.1. The van der Waals surface area contributed by atoms with E-state index in [1.807, 2.05) is 34.2 Å². The van der Waals surface area contributed by atoms with E-state index < -0.39 is 0 Å². The molecule has 2 aromatic rings. The van der Waals surface area contributed by atoms with Crippen molar-refractivity contribution in [2.24, 2.45) is 0 Å². The Morgan fingerprint density at radius 2 is 2.00 bits per heavy atom. The summed E-state index contributed by atoms with van der Waals surface area (Å²) in [6, 6.07) is 7.72. The summed E-state index contributed by atoms with van der Waals surface area (Å²) in [6.07, 6.45) is 6.02. The van der Waals surface area contributed by atoms with E-state index in [4.69, 9.17) is 5.73 Å². The molecule has 0 unspecified atom stereocenters. The molecule has 1 aromatic carbocycles. The maximum atomic E-state index is 12.0. The summed E-state index contributed by atoms with van der Waals surface area (Å²) in [4.78, 5) is 12.1. The lowest BCUT2D eigenvalue weighted by atomic mass is 10.1. The van der Waals surface area contributed by atoms with Gasteiger partial charge in [0, 0.05) is 23.2 Å². The molecule has 0 saturated carbocycles. The highest BCUT2D eigenvalue weighted by Crippen LogP contribution is 2.22. The first kappa shape index (κ1) is 14.9. The van der Waals surface area contributed by atoms with Gasteiger partial charge in [0.25, 0.3) is 0 Å². The van der Waals surface area contributed by atoms with Crippen LogP contribution < -0.4 is 10.6 Å². The number of unbranched alkanes of at least 4 members (excludes halogenated alkanes) is 4. The molecule has 2 rings (SSSR count). The van der Waals surface area contributed by atoms with Crippen LogP contribution in [-0.4, -0.2) is 4.57 Å². The number of hydrogen-bond acceptors (Lipinski definition) is 3. The average molecular weight is 290 g/mol. The van der Waals surface area contributed by atoms with E-state index in [9.17, 15) is 4.79 Å². The normalized spacial score (nSPS) is 10.8. The Hall–Kier alpha value is -1.55. The van der Waals surface area contributed by atoms with Gasteiger partial charge in [-0.2, -0.15) is 0 Å². The zero-order valence-corrected chi connectivity index (χ0v) is 12.8. The second-order valence-corrected chi connectivity index (χ2v) is 5.90. The van der Waals surface area contributed by atoms with Gasteiger partial charge in [0.1, 0.15) is 0 Å². The van der Waals surface area contributed by atoms with Crippen LogP contribution >= 0.6 is 11.3 Å². The SMILES string of the molecule is CCCCCCCn1c(-c2cccc(N)c2)csc1=O. The van der Waals surface area contributed by atoms with Crippen LogP contribution in [0.25, 0.3) is 11.3 Å². The Bertz CT molecular complexity index is 601. The molecule has 0 radical (unpaired) electrons. The van der Waals surface area contributed by atoms with Crippen molar-refractivity contribution in [1.29, 1.82) is 0 Å². The first-order valence-electron chi connectivity index (χ1n) is 7.26. The molecule has 0 atom stereocenters. The van der Waals surface area contributed by atoms with Crippen LogP contribution in [0.15, 0.2) is 34.4 Å². The second-order valence-electron chi connectivity index (χ2n) is 5.08. The van der Waals surface area contributed by atoms with Crippen molar-refractivity contribution in [3.63, 3.8) is 0 Å². The molecule has 1 aromatic heterocycles. The van der Waals surface area contributed by atoms with Crippen LogP contribution in [0.2, 0.25) is 0 Å². The van der Waals surface area contributed by atoms with Gasteiger partial charge in [-0.3, -0.25) is 9.36 Å². The summed E-state index contributed by atoms with van der Waals surface area (Å²) in [5, 5.41) is 1.93. The summed E-state index contributed by atoms with van der Waals surface area (Å²) < 4.78 is 1.88. The molecule has 0 aliphatic heterocycles. The lowest BCUT2D eigenvalue weighted by Crippen LogP contribution is -2.14. The smallest absolute Gasteiger partial charge is 0.307 e. The summed E-state index contributed by atoms with van der Waals surface area (Å²) in [7, 11) is 0. The largest absolute Gasteiger partial charge is 0.399 e. The van der Waals surface area contributed by atoms with Crippen molar-refractivity contribution in [3.8, 4) is 11.3 Å². The van der Waals surface area contributed by atoms with E-state index in [0.717, 1.165) is 29.9 Å². The number of benzene rings is 1. The van der Waals surface area contributed by atoms with Crippen molar-refractivity contribution in [2.75, 3.05) is 5.73 Å². The van der Waals surface area contributed by atoms with E-state index in [0.29, 0.717) is 0 Å². The van der Waals surface area contributed by atoms with Crippen molar-refractivity contribution in [2.45, 2.75) is 45.6 Å². The monoisotopic (exact) mass is 290 g/mol. The first-order chi connectivity index (χ1) is 9.72. The van der Waals surface area contributed by atoms with Crippen molar-refractivity contribution >= 4 is 17.0 Å². The molecular weight excluding hydrogens is 268 g/mol. The predicted molar refractivity (Wildman–Crippen MR) is 87.2 cm³/mol. The highest BCUT2D eigenvalue weighted by Gasteiger charge is 2.08. The molecule has 0 amide bonds. The van der Waals surface area contributed by atoms with E-state index in [2.05, 4.69) is 6.92 Å². The number of hydrogen-bond donors (Lipinski definition) is 1. The maximum Gasteiger partial charge on any atom is 0.307 e. The molecule has 0 aliphatic carbocycles. The van der Waals surface area contributed by atoms with Gasteiger partial charge >= 0.3 is 4.87 Å². The number of nitrogen functional groups attached to an aromatic ring is 1. The summed E-state index contributed by atoms with van der Waals surface area (Å²) in [5.74, 6) is 0. The number of thiazole rings is 1. The molecular formula is C16H22N2OS. The molecule has 0 spiro atoms. The van der Waals surface area contributed by atoms with Crippen molar-refractivity contribution in [1.82, 2.24) is 4.57 Å². The van der Waals surface area contributed by atoms with E-state index in [-0.39, 0.29) is 4.87 Å². The molecule has 0 saturated heterocycles. The highest BCUT2D eigenvalue weighted by molar-refractivity contribution is 7.07. The van der Waals surface area contributed by atoms with Gasteiger partial charge in [-0.1, -0.05) is 56.1 Å². The molecule has 2 N–H and O–H groups in total. The maximum absolute atomic E-state index is 12.0. The van der Waals surface area contributed by atoms with Gasteiger partial charge in [-0.15, -0.1) is 0 Å². The third-order valence-corrected chi connectivity index (χ3v) is 4.21. The summed E-state index contributed by atoms with van der Waals surface area (Å²) in [5.41, 5.74) is 8.57. The van der Waals surface area contributed by atoms with Crippen LogP contribution in [0.4, 0.5) is 5.69 Å². The Labute approximate surface area is 124 Å². The molecule has 1 heterocycles. The number of rotatable bonds is 7. The second kappa shape index (κ2) is 7.29. The topological polar surface area (TPSA) is 48.0 Å². The van der Waals surface area contributed by atoms with Gasteiger partial charge in [-0.05, 0) is 18.6 Å². The fourth-order valence-corrected chi connectivity index (χ4v) is 3.13. The van der Waals surface area contributed by atoms with E-state index in [1.54, 1.807) is 0 Å². The fraction of sp³-hybridized carbons (Fsp3) is 0.438. The minimum absolute atomic E-state index is 0.123. The summed E-state index contributed by atoms with van der Waals surface area (Å²) in [6.45, 7) is 3.01. The van der Waals surface area contributed by atoms with Crippen molar-refractivity contribution in [3.05, 3.63) is 39.3 Å². The number of aromatic nitrogens is 1. The van der Waals surface area contributed by atoms with Crippen LogP contribution in [0, 0.1) is 0 Å². The number of nitrogens with two attached hydrogens (primary N) is 1. The quantitative estimate of drug-likeness (QED) is 0.615. The average Bonchev–Trinajstić information content (AvgIpc) is 2.80. The number of anilines is 1. The lowest BCUT2D eigenvalue weighted by Gasteiger charge is -2.08. The molecule has 20 heavy (non-hydrogen) atoms. The number of nitrogens with zero attached hydrogens (tertiary/aromatic N) is 1. The molecule has 108 valence electrons. The lowest BCUT2D eigenvalue weighted by molar-refractivity contribution is 0.567. The Balaban J connectivity index is 2.10. The fourth-order valence-electron chi connectivity index (χ4n) is 2.34. The van der Waals surface area contributed by atoms with Gasteiger partial charge in [0.15, 0.2) is 0 Å². The molecule has 0 aliphatic rings. The Morgan fingerprint density at radius 1 is 1.20 bits per heavy atom. The molecule has 4 heteroatoms. The van der Waals surface area contributed by atoms with Crippen LogP contribution in [0.3, 0.4) is 0 Å². The predicted octanol–water partition coefficient (Wildman–Crippen LogP) is 4.13. The van der Waals surface area contributed by atoms with Crippen LogP contribution in [0.5, 0.6) is 0 Å². The minimum atomic E-state index is 0.123. The molecule has 3 nitrogen and oxygen atoms in total. The Morgan fingerprint density at radius 3 is 2.75 bits per heavy atom. The molecule has 0 fully saturated rings. The summed E-state index contributed by atoms with van der Waals surface area (Å²) >= 11 is 1.27. The zero-order chi connectivity index (χ0) is 14.4.